The molecule has 0 spiro atoms. The molecule has 1 aromatic rings. The third kappa shape index (κ3) is 6.85. The predicted molar refractivity (Wildman–Crippen MR) is 109 cm³/mol. The van der Waals surface area contributed by atoms with E-state index in [9.17, 15) is 0 Å². The first-order valence-corrected chi connectivity index (χ1v) is 10.7. The molecule has 1 saturated carbocycles. The van der Waals surface area contributed by atoms with Gasteiger partial charge in [-0.15, -0.1) is 0 Å². The maximum Gasteiger partial charge on any atom is 0.191 e. The Hall–Kier alpha value is -1.53. The minimum Gasteiger partial charge on any atom is -0.469 e. The van der Waals surface area contributed by atoms with Gasteiger partial charge < -0.3 is 24.7 Å². The van der Waals surface area contributed by atoms with Gasteiger partial charge in [0.05, 0.1) is 19.4 Å². The van der Waals surface area contributed by atoms with Gasteiger partial charge in [-0.3, -0.25) is 4.99 Å². The van der Waals surface area contributed by atoms with Crippen molar-refractivity contribution in [2.45, 2.75) is 63.5 Å². The summed E-state index contributed by atoms with van der Waals surface area (Å²) in [5.74, 6) is 1.90. The average molecular weight is 377 g/mol. The lowest BCUT2D eigenvalue weighted by Crippen LogP contribution is -2.51. The molecule has 27 heavy (non-hydrogen) atoms. The predicted octanol–water partition coefficient (Wildman–Crippen LogP) is 2.80. The molecular formula is C21H36N4O2. The summed E-state index contributed by atoms with van der Waals surface area (Å²) < 4.78 is 10.5. The van der Waals surface area contributed by atoms with Crippen LogP contribution in [0, 0.1) is 0 Å². The number of likely N-dealkylation sites (tertiary alicyclic amines) is 1. The van der Waals surface area contributed by atoms with Crippen molar-refractivity contribution >= 4 is 5.96 Å². The SMILES string of the molecule is COCCN=C(NCCc1ccco1)NC1CCN(C2CCCCC2)CC1. The molecule has 1 aliphatic carbocycles. The Morgan fingerprint density at radius 1 is 1.22 bits per heavy atom. The van der Waals surface area contributed by atoms with Crippen molar-refractivity contribution in [1.82, 2.24) is 15.5 Å². The smallest absolute Gasteiger partial charge is 0.191 e. The molecule has 3 rings (SSSR count). The summed E-state index contributed by atoms with van der Waals surface area (Å²) in [6.07, 6.45) is 12.0. The van der Waals surface area contributed by atoms with Crippen LogP contribution in [0.5, 0.6) is 0 Å². The van der Waals surface area contributed by atoms with E-state index in [2.05, 4.69) is 20.5 Å². The second-order valence-corrected chi connectivity index (χ2v) is 7.73. The van der Waals surface area contributed by atoms with Crippen LogP contribution in [-0.2, 0) is 11.2 Å². The molecule has 0 aromatic carbocycles. The highest BCUT2D eigenvalue weighted by Gasteiger charge is 2.26. The van der Waals surface area contributed by atoms with Crippen LogP contribution in [0.3, 0.4) is 0 Å². The Bertz CT molecular complexity index is 532. The molecule has 1 saturated heterocycles. The number of guanidine groups is 1. The van der Waals surface area contributed by atoms with Crippen LogP contribution >= 0.6 is 0 Å². The fourth-order valence-electron chi connectivity index (χ4n) is 4.21. The number of piperidine rings is 1. The Morgan fingerprint density at radius 2 is 2.04 bits per heavy atom. The van der Waals surface area contributed by atoms with E-state index in [0.29, 0.717) is 19.2 Å². The summed E-state index contributed by atoms with van der Waals surface area (Å²) in [5, 5.41) is 7.09. The summed E-state index contributed by atoms with van der Waals surface area (Å²) in [4.78, 5) is 7.39. The minimum absolute atomic E-state index is 0.502. The van der Waals surface area contributed by atoms with Gasteiger partial charge in [0.2, 0.25) is 0 Å². The molecule has 152 valence electrons. The quantitative estimate of drug-likeness (QED) is 0.415. The van der Waals surface area contributed by atoms with E-state index in [1.54, 1.807) is 13.4 Å². The second-order valence-electron chi connectivity index (χ2n) is 7.73. The summed E-state index contributed by atoms with van der Waals surface area (Å²) in [6.45, 7) is 4.55. The fraction of sp³-hybridized carbons (Fsp3) is 0.762. The van der Waals surface area contributed by atoms with Gasteiger partial charge >= 0.3 is 0 Å². The highest BCUT2D eigenvalue weighted by atomic mass is 16.5. The lowest BCUT2D eigenvalue weighted by molar-refractivity contribution is 0.119. The second kappa shape index (κ2) is 11.3. The van der Waals surface area contributed by atoms with Crippen molar-refractivity contribution < 1.29 is 9.15 Å². The summed E-state index contributed by atoms with van der Waals surface area (Å²) in [6, 6.07) is 5.28. The number of hydrogen-bond acceptors (Lipinski definition) is 4. The van der Waals surface area contributed by atoms with Crippen molar-refractivity contribution in [3.8, 4) is 0 Å². The number of nitrogens with one attached hydrogen (secondary N) is 2. The standard InChI is InChI=1S/C21H36N4O2/c1-26-17-13-23-21(22-12-9-20-8-5-16-27-20)24-18-10-14-25(15-11-18)19-6-3-2-4-7-19/h5,8,16,18-19H,2-4,6-7,9-15,17H2,1H3,(H2,22,23,24). The van der Waals surface area contributed by atoms with Crippen molar-refractivity contribution in [3.05, 3.63) is 24.2 Å². The van der Waals surface area contributed by atoms with Gasteiger partial charge in [-0.2, -0.15) is 0 Å². The van der Waals surface area contributed by atoms with E-state index in [1.807, 2.05) is 12.1 Å². The van der Waals surface area contributed by atoms with E-state index in [4.69, 9.17) is 9.15 Å². The van der Waals surface area contributed by atoms with Gasteiger partial charge in [-0.05, 0) is 37.8 Å². The first kappa shape index (κ1) is 20.2. The Balaban J connectivity index is 1.43. The van der Waals surface area contributed by atoms with Crippen LogP contribution in [0.2, 0.25) is 0 Å². The highest BCUT2D eigenvalue weighted by molar-refractivity contribution is 5.80. The van der Waals surface area contributed by atoms with Crippen LogP contribution < -0.4 is 10.6 Å². The number of hydrogen-bond donors (Lipinski definition) is 2. The van der Waals surface area contributed by atoms with Crippen molar-refractivity contribution in [3.63, 3.8) is 0 Å². The number of aliphatic imine (C=N–C) groups is 1. The topological polar surface area (TPSA) is 62.0 Å². The molecule has 2 aliphatic rings. The molecule has 2 fully saturated rings. The zero-order valence-corrected chi connectivity index (χ0v) is 16.8. The molecule has 0 bridgehead atoms. The van der Waals surface area contributed by atoms with E-state index >= 15 is 0 Å². The van der Waals surface area contributed by atoms with Gasteiger partial charge in [-0.25, -0.2) is 0 Å². The molecule has 1 aromatic heterocycles. The van der Waals surface area contributed by atoms with Crippen LogP contribution in [-0.4, -0.2) is 62.8 Å². The third-order valence-corrected chi connectivity index (χ3v) is 5.77. The number of rotatable bonds is 8. The average Bonchev–Trinajstić information content (AvgIpc) is 3.23. The number of nitrogens with zero attached hydrogens (tertiary/aromatic N) is 2. The summed E-state index contributed by atoms with van der Waals surface area (Å²) in [7, 11) is 1.72. The zero-order chi connectivity index (χ0) is 18.7. The molecule has 2 N–H and O–H groups in total. The van der Waals surface area contributed by atoms with E-state index in [-0.39, 0.29) is 0 Å². The lowest BCUT2D eigenvalue weighted by atomic mass is 9.92. The van der Waals surface area contributed by atoms with Crippen molar-refractivity contribution in [2.24, 2.45) is 4.99 Å². The van der Waals surface area contributed by atoms with Crippen molar-refractivity contribution in [2.75, 3.05) is 39.9 Å². The highest BCUT2D eigenvalue weighted by Crippen LogP contribution is 2.25. The Kier molecular flexibility index (Phi) is 8.49. The first-order valence-electron chi connectivity index (χ1n) is 10.7. The number of furan rings is 1. The largest absolute Gasteiger partial charge is 0.469 e. The van der Waals surface area contributed by atoms with Crippen LogP contribution in [0.25, 0.3) is 0 Å². The molecule has 0 radical (unpaired) electrons. The molecule has 2 heterocycles. The van der Waals surface area contributed by atoms with Gasteiger partial charge in [0, 0.05) is 45.2 Å². The Morgan fingerprint density at radius 3 is 2.74 bits per heavy atom. The first-order chi connectivity index (χ1) is 13.3. The van der Waals surface area contributed by atoms with Crippen LogP contribution in [0.4, 0.5) is 0 Å². The van der Waals surface area contributed by atoms with Crippen LogP contribution in [0.15, 0.2) is 27.8 Å². The monoisotopic (exact) mass is 376 g/mol. The number of ether oxygens (including phenoxy) is 1. The number of methoxy groups -OCH3 is 1. The molecule has 6 nitrogen and oxygen atoms in total. The van der Waals surface area contributed by atoms with Gasteiger partial charge in [0.1, 0.15) is 5.76 Å². The molecule has 1 aliphatic heterocycles. The zero-order valence-electron chi connectivity index (χ0n) is 16.8. The lowest BCUT2D eigenvalue weighted by Gasteiger charge is -2.39. The summed E-state index contributed by atoms with van der Waals surface area (Å²) in [5.41, 5.74) is 0. The normalized spacial score (nSPS) is 20.7. The van der Waals surface area contributed by atoms with Gasteiger partial charge in [0.25, 0.3) is 0 Å². The molecular weight excluding hydrogens is 340 g/mol. The van der Waals surface area contributed by atoms with Gasteiger partial charge in [-0.1, -0.05) is 19.3 Å². The molecule has 0 atom stereocenters. The van der Waals surface area contributed by atoms with Gasteiger partial charge in [0.15, 0.2) is 5.96 Å². The Labute approximate surface area is 163 Å². The maximum absolute atomic E-state index is 5.41. The molecule has 6 heteroatoms. The molecule has 0 unspecified atom stereocenters. The maximum atomic E-state index is 5.41. The van der Waals surface area contributed by atoms with Crippen LogP contribution in [0.1, 0.15) is 50.7 Å². The van der Waals surface area contributed by atoms with E-state index < -0.39 is 0 Å². The fourth-order valence-corrected chi connectivity index (χ4v) is 4.21. The van der Waals surface area contributed by atoms with E-state index in [1.165, 1.54) is 58.0 Å². The van der Waals surface area contributed by atoms with E-state index in [0.717, 1.165) is 30.7 Å². The third-order valence-electron chi connectivity index (χ3n) is 5.77. The summed E-state index contributed by atoms with van der Waals surface area (Å²) >= 11 is 0. The van der Waals surface area contributed by atoms with Crippen molar-refractivity contribution in [1.29, 1.82) is 0 Å². The molecule has 0 amide bonds. The minimum atomic E-state index is 0.502.